The molecule has 1 amide bonds. The van der Waals surface area contributed by atoms with Crippen LogP contribution in [-0.4, -0.2) is 49.0 Å². The summed E-state index contributed by atoms with van der Waals surface area (Å²) in [7, 11) is -2.87. The summed E-state index contributed by atoms with van der Waals surface area (Å²) >= 11 is 0. The van der Waals surface area contributed by atoms with Crippen LogP contribution in [0.2, 0.25) is 0 Å². The summed E-state index contributed by atoms with van der Waals surface area (Å²) in [6.45, 7) is 4.19. The highest BCUT2D eigenvalue weighted by Crippen LogP contribution is 2.26. The van der Waals surface area contributed by atoms with Gasteiger partial charge in [0.15, 0.2) is 0 Å². The van der Waals surface area contributed by atoms with E-state index in [1.54, 1.807) is 0 Å². The summed E-state index contributed by atoms with van der Waals surface area (Å²) in [4.78, 5) is 14.5. The number of unbranched alkanes of at least 4 members (excludes halogenated alkanes) is 1. The number of amides is 1. The SMILES string of the molecule is CCCCC1NC(CC)N(C2CCS(=O)(=O)CC2)C1=O. The van der Waals surface area contributed by atoms with Crippen molar-refractivity contribution in [3.63, 3.8) is 0 Å². The number of hydrogen-bond acceptors (Lipinski definition) is 4. The van der Waals surface area contributed by atoms with Crippen LogP contribution in [0.4, 0.5) is 0 Å². The first-order valence-electron chi connectivity index (χ1n) is 7.77. The lowest BCUT2D eigenvalue weighted by Crippen LogP contribution is -2.47. The molecule has 2 heterocycles. The van der Waals surface area contributed by atoms with Crippen molar-refractivity contribution in [1.82, 2.24) is 10.2 Å². The monoisotopic (exact) mass is 302 g/mol. The second-order valence-electron chi connectivity index (χ2n) is 5.91. The molecule has 0 aromatic rings. The third-order valence-corrected chi connectivity index (χ3v) is 6.15. The van der Waals surface area contributed by atoms with Gasteiger partial charge in [-0.05, 0) is 25.7 Å². The summed E-state index contributed by atoms with van der Waals surface area (Å²) in [5.74, 6) is 0.615. The standard InChI is InChI=1S/C14H26N2O3S/c1-3-5-6-12-14(17)16(13(4-2)15-12)11-7-9-20(18,19)10-8-11/h11-13,15H,3-10H2,1-2H3. The fourth-order valence-electron chi connectivity index (χ4n) is 3.24. The van der Waals surface area contributed by atoms with Crippen LogP contribution in [0.25, 0.3) is 0 Å². The van der Waals surface area contributed by atoms with Gasteiger partial charge >= 0.3 is 0 Å². The van der Waals surface area contributed by atoms with Gasteiger partial charge in [0, 0.05) is 6.04 Å². The molecule has 2 saturated heterocycles. The minimum Gasteiger partial charge on any atom is -0.323 e. The number of rotatable bonds is 5. The van der Waals surface area contributed by atoms with Gasteiger partial charge in [0.25, 0.3) is 0 Å². The molecule has 5 nitrogen and oxygen atoms in total. The fraction of sp³-hybridized carbons (Fsp3) is 0.929. The molecule has 2 aliphatic heterocycles. The van der Waals surface area contributed by atoms with Gasteiger partial charge in [0.2, 0.25) is 5.91 Å². The minimum absolute atomic E-state index is 0.0709. The minimum atomic E-state index is -2.87. The molecule has 2 rings (SSSR count). The molecule has 0 aromatic heterocycles. The predicted octanol–water partition coefficient (Wildman–Crippen LogP) is 1.29. The Morgan fingerprint density at radius 1 is 1.25 bits per heavy atom. The van der Waals surface area contributed by atoms with Crippen molar-refractivity contribution in [2.75, 3.05) is 11.5 Å². The fourth-order valence-corrected chi connectivity index (χ4v) is 4.70. The van der Waals surface area contributed by atoms with Gasteiger partial charge in [0.05, 0.1) is 23.7 Å². The molecule has 0 radical (unpaired) electrons. The molecular weight excluding hydrogens is 276 g/mol. The Hall–Kier alpha value is -0.620. The topological polar surface area (TPSA) is 66.5 Å². The van der Waals surface area contributed by atoms with Gasteiger partial charge in [-0.15, -0.1) is 0 Å². The van der Waals surface area contributed by atoms with Gasteiger partial charge in [-0.3, -0.25) is 10.1 Å². The van der Waals surface area contributed by atoms with E-state index in [9.17, 15) is 13.2 Å². The molecular formula is C14H26N2O3S. The van der Waals surface area contributed by atoms with Crippen LogP contribution in [0, 0.1) is 0 Å². The Balaban J connectivity index is 2.03. The molecule has 0 aliphatic carbocycles. The summed E-state index contributed by atoms with van der Waals surface area (Å²) in [5, 5.41) is 3.42. The van der Waals surface area contributed by atoms with E-state index in [0.29, 0.717) is 12.8 Å². The smallest absolute Gasteiger partial charge is 0.241 e. The van der Waals surface area contributed by atoms with Gasteiger partial charge in [-0.25, -0.2) is 8.42 Å². The lowest BCUT2D eigenvalue weighted by molar-refractivity contribution is -0.132. The summed E-state index contributed by atoms with van der Waals surface area (Å²) in [6.07, 6.45) is 5.15. The van der Waals surface area contributed by atoms with Crippen molar-refractivity contribution in [2.45, 2.75) is 70.6 Å². The molecule has 6 heteroatoms. The highest BCUT2D eigenvalue weighted by atomic mass is 32.2. The van der Waals surface area contributed by atoms with Crippen LogP contribution in [0.3, 0.4) is 0 Å². The van der Waals surface area contributed by atoms with E-state index in [0.717, 1.165) is 25.7 Å². The van der Waals surface area contributed by atoms with E-state index in [1.807, 2.05) is 4.90 Å². The third kappa shape index (κ3) is 3.34. The summed E-state index contributed by atoms with van der Waals surface area (Å²) in [6, 6.07) is 0.0218. The van der Waals surface area contributed by atoms with Crippen molar-refractivity contribution in [3.8, 4) is 0 Å². The van der Waals surface area contributed by atoms with Gasteiger partial charge in [-0.1, -0.05) is 26.7 Å². The Labute approximate surface area is 122 Å². The van der Waals surface area contributed by atoms with E-state index < -0.39 is 9.84 Å². The number of carbonyl (C=O) groups excluding carboxylic acids is 1. The first-order chi connectivity index (χ1) is 9.48. The lowest BCUT2D eigenvalue weighted by atomic mass is 10.1. The molecule has 0 saturated carbocycles. The average Bonchev–Trinajstić information content (AvgIpc) is 2.73. The first-order valence-corrected chi connectivity index (χ1v) is 9.59. The zero-order valence-corrected chi connectivity index (χ0v) is 13.3. The average molecular weight is 302 g/mol. The quantitative estimate of drug-likeness (QED) is 0.831. The van der Waals surface area contributed by atoms with E-state index in [1.165, 1.54) is 0 Å². The maximum absolute atomic E-state index is 12.6. The summed E-state index contributed by atoms with van der Waals surface area (Å²) in [5.41, 5.74) is 0. The zero-order valence-electron chi connectivity index (χ0n) is 12.5. The molecule has 2 fully saturated rings. The predicted molar refractivity (Wildman–Crippen MR) is 79.0 cm³/mol. The second kappa shape index (κ2) is 6.43. The van der Waals surface area contributed by atoms with Crippen molar-refractivity contribution in [1.29, 1.82) is 0 Å². The Kier molecular flexibility index (Phi) is 5.07. The van der Waals surface area contributed by atoms with Crippen LogP contribution in [-0.2, 0) is 14.6 Å². The van der Waals surface area contributed by atoms with Crippen molar-refractivity contribution >= 4 is 15.7 Å². The van der Waals surface area contributed by atoms with Gasteiger partial charge in [-0.2, -0.15) is 0 Å². The normalized spacial score (nSPS) is 30.9. The third-order valence-electron chi connectivity index (χ3n) is 4.43. The van der Waals surface area contributed by atoms with Gasteiger partial charge < -0.3 is 4.90 Å². The molecule has 2 unspecified atom stereocenters. The van der Waals surface area contributed by atoms with Crippen LogP contribution in [0.5, 0.6) is 0 Å². The van der Waals surface area contributed by atoms with Crippen molar-refractivity contribution in [2.24, 2.45) is 0 Å². The molecule has 2 atom stereocenters. The Morgan fingerprint density at radius 3 is 2.45 bits per heavy atom. The Morgan fingerprint density at radius 2 is 1.90 bits per heavy atom. The molecule has 2 aliphatic rings. The van der Waals surface area contributed by atoms with E-state index in [-0.39, 0.29) is 35.7 Å². The number of nitrogens with one attached hydrogen (secondary N) is 1. The van der Waals surface area contributed by atoms with Crippen LogP contribution in [0.15, 0.2) is 0 Å². The van der Waals surface area contributed by atoms with Crippen LogP contribution < -0.4 is 5.32 Å². The molecule has 116 valence electrons. The van der Waals surface area contributed by atoms with E-state index >= 15 is 0 Å². The maximum atomic E-state index is 12.6. The largest absolute Gasteiger partial charge is 0.323 e. The van der Waals surface area contributed by atoms with Crippen LogP contribution in [0.1, 0.15) is 52.4 Å². The van der Waals surface area contributed by atoms with Crippen LogP contribution >= 0.6 is 0 Å². The summed E-state index contributed by atoms with van der Waals surface area (Å²) < 4.78 is 23.1. The molecule has 0 aromatic carbocycles. The lowest BCUT2D eigenvalue weighted by Gasteiger charge is -2.34. The highest BCUT2D eigenvalue weighted by Gasteiger charge is 2.42. The Bertz CT molecular complexity index is 435. The van der Waals surface area contributed by atoms with E-state index in [4.69, 9.17) is 0 Å². The molecule has 1 N–H and O–H groups in total. The van der Waals surface area contributed by atoms with Gasteiger partial charge in [0.1, 0.15) is 9.84 Å². The molecule has 20 heavy (non-hydrogen) atoms. The number of sulfone groups is 1. The number of nitrogens with zero attached hydrogens (tertiary/aromatic N) is 1. The molecule has 0 bridgehead atoms. The second-order valence-corrected chi connectivity index (χ2v) is 8.22. The van der Waals surface area contributed by atoms with E-state index in [2.05, 4.69) is 19.2 Å². The first kappa shape index (κ1) is 15.8. The zero-order chi connectivity index (χ0) is 14.8. The maximum Gasteiger partial charge on any atom is 0.241 e. The highest BCUT2D eigenvalue weighted by molar-refractivity contribution is 7.91. The van der Waals surface area contributed by atoms with Crippen molar-refractivity contribution in [3.05, 3.63) is 0 Å². The van der Waals surface area contributed by atoms with Crippen molar-refractivity contribution < 1.29 is 13.2 Å². The number of hydrogen-bond donors (Lipinski definition) is 1. The number of carbonyl (C=O) groups is 1. The molecule has 0 spiro atoms.